The number of hydrogen-bond acceptors (Lipinski definition) is 5. The summed E-state index contributed by atoms with van der Waals surface area (Å²) in [6.45, 7) is 3.96. The predicted octanol–water partition coefficient (Wildman–Crippen LogP) is 4.87. The van der Waals surface area contributed by atoms with Crippen LogP contribution in [0.2, 0.25) is 0 Å². The van der Waals surface area contributed by atoms with Crippen LogP contribution in [-0.2, 0) is 0 Å². The van der Waals surface area contributed by atoms with Gasteiger partial charge in [0.2, 0.25) is 0 Å². The van der Waals surface area contributed by atoms with E-state index in [0.29, 0.717) is 28.2 Å². The fraction of sp³-hybridized carbons (Fsp3) is 0.250. The van der Waals surface area contributed by atoms with Gasteiger partial charge in [-0.3, -0.25) is 4.79 Å². The van der Waals surface area contributed by atoms with Crippen LogP contribution in [-0.4, -0.2) is 20.3 Å². The zero-order valence-corrected chi connectivity index (χ0v) is 17.1. The normalized spacial score (nSPS) is 11.0. The molecule has 1 heterocycles. The summed E-state index contributed by atoms with van der Waals surface area (Å²) in [4.78, 5) is 12.6. The van der Waals surface area contributed by atoms with Crippen LogP contribution in [0.1, 0.15) is 13.8 Å². The van der Waals surface area contributed by atoms with Crippen molar-refractivity contribution in [1.29, 1.82) is 0 Å². The summed E-state index contributed by atoms with van der Waals surface area (Å²) < 4.78 is 23.3. The maximum Gasteiger partial charge on any atom is 0.197 e. The fourth-order valence-corrected chi connectivity index (χ4v) is 3.30. The van der Waals surface area contributed by atoms with Gasteiger partial charge < -0.3 is 18.6 Å². The summed E-state index contributed by atoms with van der Waals surface area (Å²) in [6.07, 6.45) is 0.0906. The predicted molar refractivity (Wildman–Crippen MR) is 110 cm³/mol. The number of methoxy groups -OCH3 is 2. The van der Waals surface area contributed by atoms with E-state index in [0.717, 1.165) is 14.9 Å². The van der Waals surface area contributed by atoms with Crippen LogP contribution >= 0.6 is 22.6 Å². The number of ether oxygens (including phenoxy) is 3. The molecular weight excluding hydrogens is 447 g/mol. The van der Waals surface area contributed by atoms with Gasteiger partial charge in [0.15, 0.2) is 5.43 Å². The van der Waals surface area contributed by atoms with E-state index < -0.39 is 0 Å². The zero-order chi connectivity index (χ0) is 18.8. The summed E-state index contributed by atoms with van der Waals surface area (Å²) in [5.41, 5.74) is 1.05. The molecule has 0 amide bonds. The molecule has 0 N–H and O–H groups in total. The van der Waals surface area contributed by atoms with Crippen molar-refractivity contribution in [2.45, 2.75) is 20.0 Å². The minimum absolute atomic E-state index is 0.0906. The quantitative estimate of drug-likeness (QED) is 0.503. The van der Waals surface area contributed by atoms with Gasteiger partial charge in [0.25, 0.3) is 0 Å². The summed E-state index contributed by atoms with van der Waals surface area (Å²) in [7, 11) is 3.07. The van der Waals surface area contributed by atoms with E-state index in [1.54, 1.807) is 19.2 Å². The van der Waals surface area contributed by atoms with Crippen molar-refractivity contribution in [3.63, 3.8) is 0 Å². The smallest absolute Gasteiger partial charge is 0.197 e. The summed E-state index contributed by atoms with van der Waals surface area (Å²) in [5, 5.41) is 0.395. The van der Waals surface area contributed by atoms with E-state index in [1.165, 1.54) is 13.2 Å². The van der Waals surface area contributed by atoms with E-state index in [-0.39, 0.29) is 11.5 Å². The first-order chi connectivity index (χ1) is 12.4. The van der Waals surface area contributed by atoms with Gasteiger partial charge in [-0.25, -0.2) is 0 Å². The SMILES string of the molecule is COc1cc(OC)c2c(=O)cc(-c3ccc(OC(C)C)c(I)c3)oc2c1. The summed E-state index contributed by atoms with van der Waals surface area (Å²) in [6, 6.07) is 10.5. The highest BCUT2D eigenvalue weighted by molar-refractivity contribution is 14.1. The Labute approximate surface area is 165 Å². The number of rotatable bonds is 5. The van der Waals surface area contributed by atoms with Crippen molar-refractivity contribution in [2.24, 2.45) is 0 Å². The summed E-state index contributed by atoms with van der Waals surface area (Å²) in [5.74, 6) is 2.27. The molecule has 26 heavy (non-hydrogen) atoms. The van der Waals surface area contributed by atoms with E-state index in [1.807, 2.05) is 32.0 Å². The lowest BCUT2D eigenvalue weighted by Crippen LogP contribution is -2.06. The molecule has 0 aliphatic carbocycles. The van der Waals surface area contributed by atoms with Gasteiger partial charge >= 0.3 is 0 Å². The molecule has 5 nitrogen and oxygen atoms in total. The molecule has 3 aromatic rings. The summed E-state index contributed by atoms with van der Waals surface area (Å²) >= 11 is 2.21. The maximum absolute atomic E-state index is 12.6. The lowest BCUT2D eigenvalue weighted by Gasteiger charge is -2.13. The minimum atomic E-state index is -0.168. The third kappa shape index (κ3) is 3.65. The second-order valence-electron chi connectivity index (χ2n) is 5.99. The second-order valence-corrected chi connectivity index (χ2v) is 7.15. The number of benzene rings is 2. The molecule has 0 aliphatic rings. The van der Waals surface area contributed by atoms with Crippen molar-refractivity contribution in [3.8, 4) is 28.6 Å². The van der Waals surface area contributed by atoms with Gasteiger partial charge in [0.05, 0.1) is 23.9 Å². The van der Waals surface area contributed by atoms with Gasteiger partial charge in [0, 0.05) is 23.8 Å². The zero-order valence-electron chi connectivity index (χ0n) is 15.0. The molecule has 2 aromatic carbocycles. The van der Waals surface area contributed by atoms with Gasteiger partial charge in [-0.05, 0) is 54.6 Å². The molecule has 6 heteroatoms. The first-order valence-corrected chi connectivity index (χ1v) is 9.17. The van der Waals surface area contributed by atoms with Crippen LogP contribution in [0.15, 0.2) is 45.6 Å². The van der Waals surface area contributed by atoms with Crippen LogP contribution in [0.5, 0.6) is 17.2 Å². The molecule has 136 valence electrons. The van der Waals surface area contributed by atoms with Gasteiger partial charge in [-0.15, -0.1) is 0 Å². The third-order valence-electron chi connectivity index (χ3n) is 3.80. The first-order valence-electron chi connectivity index (χ1n) is 8.09. The van der Waals surface area contributed by atoms with E-state index >= 15 is 0 Å². The molecule has 0 unspecified atom stereocenters. The Morgan fingerprint density at radius 2 is 1.77 bits per heavy atom. The Morgan fingerprint density at radius 3 is 2.38 bits per heavy atom. The second kappa shape index (κ2) is 7.57. The highest BCUT2D eigenvalue weighted by Crippen LogP contribution is 2.33. The van der Waals surface area contributed by atoms with Gasteiger partial charge in [-0.1, -0.05) is 0 Å². The van der Waals surface area contributed by atoms with Crippen molar-refractivity contribution < 1.29 is 18.6 Å². The van der Waals surface area contributed by atoms with Crippen LogP contribution in [0.4, 0.5) is 0 Å². The lowest BCUT2D eigenvalue weighted by atomic mass is 10.1. The van der Waals surface area contributed by atoms with E-state index in [2.05, 4.69) is 22.6 Å². The molecule has 3 rings (SSSR count). The Kier molecular flexibility index (Phi) is 5.41. The molecule has 0 aliphatic heterocycles. The molecule has 0 saturated carbocycles. The van der Waals surface area contributed by atoms with Crippen molar-refractivity contribution in [1.82, 2.24) is 0 Å². The molecule has 0 saturated heterocycles. The molecular formula is C20H19IO5. The Hall–Kier alpha value is -2.22. The van der Waals surface area contributed by atoms with Crippen LogP contribution in [0.3, 0.4) is 0 Å². The number of hydrogen-bond donors (Lipinski definition) is 0. The Morgan fingerprint density at radius 1 is 1.00 bits per heavy atom. The number of fused-ring (bicyclic) bond motifs is 1. The Balaban J connectivity index is 2.14. The molecule has 0 radical (unpaired) electrons. The van der Waals surface area contributed by atoms with E-state index in [9.17, 15) is 4.79 Å². The standard InChI is InChI=1S/C20H19IO5/c1-11(2)25-16-6-5-12(7-14(16)21)17-10-15(22)20-18(24-4)8-13(23-3)9-19(20)26-17/h5-11H,1-4H3. The molecule has 1 aromatic heterocycles. The largest absolute Gasteiger partial charge is 0.496 e. The monoisotopic (exact) mass is 466 g/mol. The number of halogens is 1. The average Bonchev–Trinajstić information content (AvgIpc) is 2.61. The highest BCUT2D eigenvalue weighted by Gasteiger charge is 2.14. The molecule has 0 atom stereocenters. The van der Waals surface area contributed by atoms with Crippen LogP contribution in [0.25, 0.3) is 22.3 Å². The maximum atomic E-state index is 12.6. The minimum Gasteiger partial charge on any atom is -0.496 e. The third-order valence-corrected chi connectivity index (χ3v) is 4.65. The van der Waals surface area contributed by atoms with Crippen molar-refractivity contribution in [2.75, 3.05) is 14.2 Å². The first kappa shape index (κ1) is 18.6. The van der Waals surface area contributed by atoms with Crippen molar-refractivity contribution >= 4 is 33.6 Å². The van der Waals surface area contributed by atoms with Gasteiger partial charge in [0.1, 0.15) is 34.0 Å². The Bertz CT molecular complexity index is 1010. The molecule has 0 fully saturated rings. The van der Waals surface area contributed by atoms with Crippen LogP contribution in [0, 0.1) is 3.57 Å². The molecule has 0 spiro atoms. The molecule has 0 bridgehead atoms. The van der Waals surface area contributed by atoms with Crippen LogP contribution < -0.4 is 19.6 Å². The van der Waals surface area contributed by atoms with Gasteiger partial charge in [-0.2, -0.15) is 0 Å². The van der Waals surface area contributed by atoms with Crippen molar-refractivity contribution in [3.05, 3.63) is 50.2 Å². The highest BCUT2D eigenvalue weighted by atomic mass is 127. The van der Waals surface area contributed by atoms with E-state index in [4.69, 9.17) is 18.6 Å². The fourth-order valence-electron chi connectivity index (χ4n) is 2.65. The average molecular weight is 466 g/mol. The topological polar surface area (TPSA) is 57.9 Å². The lowest BCUT2D eigenvalue weighted by molar-refractivity contribution is 0.240.